The quantitative estimate of drug-likeness (QED) is 0.814. The molecule has 0 amide bonds. The van der Waals surface area contributed by atoms with Gasteiger partial charge in [0.05, 0.1) is 12.3 Å². The molecule has 0 aliphatic rings. The minimum Gasteiger partial charge on any atom is -0.375 e. The van der Waals surface area contributed by atoms with E-state index in [2.05, 4.69) is 24.2 Å². The van der Waals surface area contributed by atoms with Gasteiger partial charge in [0.25, 0.3) is 0 Å². The average molecular weight is 214 g/mol. The summed E-state index contributed by atoms with van der Waals surface area (Å²) < 4.78 is 5.30. The molecular formula is C10H18N2OS. The van der Waals surface area contributed by atoms with Crippen LogP contribution in [0.1, 0.15) is 31.5 Å². The first kappa shape index (κ1) is 11.6. The van der Waals surface area contributed by atoms with E-state index in [-0.39, 0.29) is 5.41 Å². The summed E-state index contributed by atoms with van der Waals surface area (Å²) in [6, 6.07) is 0. The van der Waals surface area contributed by atoms with E-state index in [0.717, 1.165) is 17.3 Å². The molecule has 1 aromatic rings. The Hall–Kier alpha value is -0.450. The first-order chi connectivity index (χ1) is 6.60. The fraction of sp³-hybridized carbons (Fsp3) is 0.700. The van der Waals surface area contributed by atoms with Gasteiger partial charge in [-0.05, 0) is 6.92 Å². The Morgan fingerprint density at radius 2 is 2.29 bits per heavy atom. The van der Waals surface area contributed by atoms with Crippen LogP contribution in [0.4, 0.5) is 0 Å². The van der Waals surface area contributed by atoms with Crippen LogP contribution in [-0.4, -0.2) is 18.1 Å². The van der Waals surface area contributed by atoms with Gasteiger partial charge >= 0.3 is 0 Å². The molecule has 4 heteroatoms. The highest BCUT2D eigenvalue weighted by Gasteiger charge is 2.21. The van der Waals surface area contributed by atoms with Gasteiger partial charge in [0.1, 0.15) is 5.01 Å². The minimum atomic E-state index is -0.0268. The Morgan fingerprint density at radius 1 is 1.57 bits per heavy atom. The molecule has 0 saturated heterocycles. The molecule has 0 aliphatic carbocycles. The Bertz CT molecular complexity index is 283. The van der Waals surface area contributed by atoms with Crippen molar-refractivity contribution in [3.8, 4) is 0 Å². The van der Waals surface area contributed by atoms with Gasteiger partial charge in [-0.25, -0.2) is 4.98 Å². The standard InChI is InChI=1S/C10H18N2OS/c1-4-13-5-9-12-8(6-14-9)10(2,3)7-11/h6H,4-5,7,11H2,1-3H3. The highest BCUT2D eigenvalue weighted by atomic mass is 32.1. The molecule has 0 aromatic carbocycles. The van der Waals surface area contributed by atoms with E-state index in [9.17, 15) is 0 Å². The fourth-order valence-corrected chi connectivity index (χ4v) is 1.90. The number of hydrogen-bond acceptors (Lipinski definition) is 4. The maximum atomic E-state index is 5.68. The van der Waals surface area contributed by atoms with Crippen LogP contribution < -0.4 is 5.73 Å². The van der Waals surface area contributed by atoms with Crippen LogP contribution in [0.3, 0.4) is 0 Å². The summed E-state index contributed by atoms with van der Waals surface area (Å²) in [6.07, 6.45) is 0. The fourth-order valence-electron chi connectivity index (χ4n) is 0.982. The summed E-state index contributed by atoms with van der Waals surface area (Å²) >= 11 is 1.64. The number of thiazole rings is 1. The van der Waals surface area contributed by atoms with Gasteiger partial charge in [-0.3, -0.25) is 0 Å². The number of nitrogens with two attached hydrogens (primary N) is 1. The van der Waals surface area contributed by atoms with Crippen LogP contribution in [0.15, 0.2) is 5.38 Å². The van der Waals surface area contributed by atoms with Crippen LogP contribution in [0.5, 0.6) is 0 Å². The summed E-state index contributed by atoms with van der Waals surface area (Å²) in [5.74, 6) is 0. The lowest BCUT2D eigenvalue weighted by molar-refractivity contribution is 0.133. The van der Waals surface area contributed by atoms with Crippen LogP contribution in [0.2, 0.25) is 0 Å². The zero-order chi connectivity index (χ0) is 10.6. The van der Waals surface area contributed by atoms with Crippen molar-refractivity contribution < 1.29 is 4.74 Å². The third kappa shape index (κ3) is 2.77. The van der Waals surface area contributed by atoms with Gasteiger partial charge in [-0.2, -0.15) is 0 Å². The van der Waals surface area contributed by atoms with E-state index in [4.69, 9.17) is 10.5 Å². The Morgan fingerprint density at radius 3 is 2.86 bits per heavy atom. The van der Waals surface area contributed by atoms with E-state index in [0.29, 0.717) is 13.2 Å². The van der Waals surface area contributed by atoms with Crippen LogP contribution >= 0.6 is 11.3 Å². The molecule has 1 aromatic heterocycles. The van der Waals surface area contributed by atoms with Crippen LogP contribution in [0, 0.1) is 0 Å². The molecule has 0 radical (unpaired) electrons. The zero-order valence-electron chi connectivity index (χ0n) is 9.04. The molecular weight excluding hydrogens is 196 g/mol. The van der Waals surface area contributed by atoms with Gasteiger partial charge < -0.3 is 10.5 Å². The number of hydrogen-bond donors (Lipinski definition) is 1. The van der Waals surface area contributed by atoms with Gasteiger partial charge in [0, 0.05) is 23.9 Å². The SMILES string of the molecule is CCOCc1nc(C(C)(C)CN)cs1. The summed E-state index contributed by atoms with van der Waals surface area (Å²) in [5.41, 5.74) is 6.72. The first-order valence-corrected chi connectivity index (χ1v) is 5.71. The van der Waals surface area contributed by atoms with Gasteiger partial charge in [0.2, 0.25) is 0 Å². The summed E-state index contributed by atoms with van der Waals surface area (Å²) in [6.45, 7) is 8.15. The van der Waals surface area contributed by atoms with Crippen molar-refractivity contribution >= 4 is 11.3 Å². The molecule has 0 unspecified atom stereocenters. The molecule has 1 heterocycles. The van der Waals surface area contributed by atoms with Crippen molar-refractivity contribution in [3.63, 3.8) is 0 Å². The maximum absolute atomic E-state index is 5.68. The second-order valence-electron chi connectivity index (χ2n) is 3.85. The molecule has 0 fully saturated rings. The lowest BCUT2D eigenvalue weighted by atomic mass is 9.90. The second-order valence-corrected chi connectivity index (χ2v) is 4.79. The van der Waals surface area contributed by atoms with Crippen molar-refractivity contribution in [2.24, 2.45) is 5.73 Å². The minimum absolute atomic E-state index is 0.0268. The lowest BCUT2D eigenvalue weighted by Crippen LogP contribution is -2.28. The van der Waals surface area contributed by atoms with E-state index in [1.807, 2.05) is 6.92 Å². The maximum Gasteiger partial charge on any atom is 0.119 e. The van der Waals surface area contributed by atoms with E-state index in [1.165, 1.54) is 0 Å². The number of rotatable bonds is 5. The monoisotopic (exact) mass is 214 g/mol. The lowest BCUT2D eigenvalue weighted by Gasteiger charge is -2.19. The predicted molar refractivity (Wildman–Crippen MR) is 59.5 cm³/mol. The smallest absolute Gasteiger partial charge is 0.119 e. The second kappa shape index (κ2) is 4.87. The molecule has 0 atom stereocenters. The topological polar surface area (TPSA) is 48.1 Å². The van der Waals surface area contributed by atoms with Crippen molar-refractivity contribution in [1.82, 2.24) is 4.98 Å². The molecule has 0 aliphatic heterocycles. The molecule has 0 spiro atoms. The third-order valence-electron chi connectivity index (χ3n) is 2.19. The van der Waals surface area contributed by atoms with Crippen molar-refractivity contribution in [2.75, 3.05) is 13.2 Å². The van der Waals surface area contributed by atoms with Crippen molar-refractivity contribution in [1.29, 1.82) is 0 Å². The highest BCUT2D eigenvalue weighted by molar-refractivity contribution is 7.09. The molecule has 0 saturated carbocycles. The largest absolute Gasteiger partial charge is 0.375 e. The molecule has 1 rings (SSSR count). The van der Waals surface area contributed by atoms with Crippen LogP contribution in [0.25, 0.3) is 0 Å². The zero-order valence-corrected chi connectivity index (χ0v) is 9.86. The molecule has 0 bridgehead atoms. The normalized spacial score (nSPS) is 12.0. The molecule has 2 N–H and O–H groups in total. The summed E-state index contributed by atoms with van der Waals surface area (Å²) in [5, 5.41) is 3.10. The van der Waals surface area contributed by atoms with E-state index in [1.54, 1.807) is 11.3 Å². The summed E-state index contributed by atoms with van der Waals surface area (Å²) in [7, 11) is 0. The van der Waals surface area contributed by atoms with Gasteiger partial charge in [0.15, 0.2) is 0 Å². The van der Waals surface area contributed by atoms with E-state index >= 15 is 0 Å². The highest BCUT2D eigenvalue weighted by Crippen LogP contribution is 2.23. The number of aromatic nitrogens is 1. The average Bonchev–Trinajstić information content (AvgIpc) is 2.63. The van der Waals surface area contributed by atoms with Gasteiger partial charge in [-0.1, -0.05) is 13.8 Å². The Labute approximate surface area is 89.3 Å². The molecule has 80 valence electrons. The molecule has 14 heavy (non-hydrogen) atoms. The number of nitrogens with zero attached hydrogens (tertiary/aromatic N) is 1. The Balaban J connectivity index is 2.67. The predicted octanol–water partition coefficient (Wildman–Crippen LogP) is 1.92. The Kier molecular flexibility index (Phi) is 4.04. The van der Waals surface area contributed by atoms with E-state index < -0.39 is 0 Å². The van der Waals surface area contributed by atoms with Gasteiger partial charge in [-0.15, -0.1) is 11.3 Å². The first-order valence-electron chi connectivity index (χ1n) is 4.83. The van der Waals surface area contributed by atoms with Crippen LogP contribution in [-0.2, 0) is 16.8 Å². The summed E-state index contributed by atoms with van der Waals surface area (Å²) in [4.78, 5) is 4.50. The molecule has 3 nitrogen and oxygen atoms in total. The number of ether oxygens (including phenoxy) is 1. The van der Waals surface area contributed by atoms with Crippen molar-refractivity contribution in [3.05, 3.63) is 16.1 Å². The third-order valence-corrected chi connectivity index (χ3v) is 3.01. The van der Waals surface area contributed by atoms with Crippen molar-refractivity contribution in [2.45, 2.75) is 32.8 Å².